The lowest BCUT2D eigenvalue weighted by molar-refractivity contribution is 0.0996. The molecule has 20 heavy (non-hydrogen) atoms. The molecule has 0 bridgehead atoms. The van der Waals surface area contributed by atoms with Gasteiger partial charge in [0.15, 0.2) is 0 Å². The Kier molecular flexibility index (Phi) is 6.10. The maximum atomic E-state index is 12.5. The van der Waals surface area contributed by atoms with Crippen molar-refractivity contribution in [2.24, 2.45) is 11.7 Å². The SMILES string of the molecule is CC1CCCN(C(=O)N2CCN(CCCCN)CC2)C1. The highest BCUT2D eigenvalue weighted by Gasteiger charge is 2.27. The highest BCUT2D eigenvalue weighted by atomic mass is 16.2. The molecule has 0 spiro atoms. The number of piperazine rings is 1. The molecule has 2 aliphatic rings. The van der Waals surface area contributed by atoms with Gasteiger partial charge in [0.2, 0.25) is 0 Å². The predicted molar refractivity (Wildman–Crippen MR) is 81.7 cm³/mol. The quantitative estimate of drug-likeness (QED) is 0.788. The van der Waals surface area contributed by atoms with E-state index in [-0.39, 0.29) is 6.03 Å². The van der Waals surface area contributed by atoms with Gasteiger partial charge in [-0.1, -0.05) is 6.92 Å². The van der Waals surface area contributed by atoms with Crippen molar-refractivity contribution in [1.29, 1.82) is 0 Å². The maximum Gasteiger partial charge on any atom is 0.320 e. The first-order chi connectivity index (χ1) is 9.70. The van der Waals surface area contributed by atoms with Gasteiger partial charge in [-0.15, -0.1) is 0 Å². The Morgan fingerprint density at radius 1 is 1.10 bits per heavy atom. The van der Waals surface area contributed by atoms with Crippen LogP contribution in [0.3, 0.4) is 0 Å². The topological polar surface area (TPSA) is 52.8 Å². The Bertz CT molecular complexity index is 302. The van der Waals surface area contributed by atoms with Gasteiger partial charge in [-0.3, -0.25) is 4.90 Å². The summed E-state index contributed by atoms with van der Waals surface area (Å²) in [4.78, 5) is 19.0. The number of hydrogen-bond acceptors (Lipinski definition) is 3. The van der Waals surface area contributed by atoms with E-state index in [4.69, 9.17) is 5.73 Å². The van der Waals surface area contributed by atoms with E-state index in [1.807, 2.05) is 4.90 Å². The monoisotopic (exact) mass is 282 g/mol. The Hall–Kier alpha value is -0.810. The number of likely N-dealkylation sites (tertiary alicyclic amines) is 1. The van der Waals surface area contributed by atoms with Crippen LogP contribution in [0.25, 0.3) is 0 Å². The molecular formula is C15H30N4O. The largest absolute Gasteiger partial charge is 0.330 e. The number of nitrogens with zero attached hydrogens (tertiary/aromatic N) is 3. The van der Waals surface area contributed by atoms with Gasteiger partial charge in [0.05, 0.1) is 0 Å². The number of nitrogens with two attached hydrogens (primary N) is 1. The molecule has 2 amide bonds. The van der Waals surface area contributed by atoms with Crippen molar-refractivity contribution in [2.45, 2.75) is 32.6 Å². The van der Waals surface area contributed by atoms with E-state index in [0.29, 0.717) is 5.92 Å². The predicted octanol–water partition coefficient (Wildman–Crippen LogP) is 1.19. The molecule has 1 unspecified atom stereocenters. The molecule has 2 saturated heterocycles. The number of rotatable bonds is 4. The minimum atomic E-state index is 0.262. The van der Waals surface area contributed by atoms with E-state index in [1.165, 1.54) is 12.8 Å². The molecule has 2 heterocycles. The number of hydrogen-bond donors (Lipinski definition) is 1. The fourth-order valence-corrected chi connectivity index (χ4v) is 3.21. The van der Waals surface area contributed by atoms with Crippen LogP contribution in [-0.4, -0.2) is 73.1 Å². The summed E-state index contributed by atoms with van der Waals surface area (Å²) in [5.41, 5.74) is 5.52. The summed E-state index contributed by atoms with van der Waals surface area (Å²) in [6, 6.07) is 0.262. The van der Waals surface area contributed by atoms with Crippen LogP contribution in [0.5, 0.6) is 0 Å². The van der Waals surface area contributed by atoms with Crippen molar-refractivity contribution in [2.75, 3.05) is 52.4 Å². The zero-order valence-corrected chi connectivity index (χ0v) is 12.9. The van der Waals surface area contributed by atoms with Crippen LogP contribution in [0, 0.1) is 5.92 Å². The van der Waals surface area contributed by atoms with Crippen molar-refractivity contribution < 1.29 is 4.79 Å². The van der Waals surface area contributed by atoms with E-state index in [9.17, 15) is 4.79 Å². The number of urea groups is 1. The Morgan fingerprint density at radius 2 is 1.85 bits per heavy atom. The summed E-state index contributed by atoms with van der Waals surface area (Å²) in [6.45, 7) is 9.83. The highest BCUT2D eigenvalue weighted by molar-refractivity contribution is 5.74. The zero-order valence-electron chi connectivity index (χ0n) is 12.9. The fourth-order valence-electron chi connectivity index (χ4n) is 3.21. The summed E-state index contributed by atoms with van der Waals surface area (Å²) in [7, 11) is 0. The van der Waals surface area contributed by atoms with Crippen LogP contribution in [0.1, 0.15) is 32.6 Å². The molecule has 0 aromatic heterocycles. The molecule has 0 aliphatic carbocycles. The fraction of sp³-hybridized carbons (Fsp3) is 0.933. The second kappa shape index (κ2) is 7.84. The van der Waals surface area contributed by atoms with Gasteiger partial charge in [0.1, 0.15) is 0 Å². The van der Waals surface area contributed by atoms with Crippen LogP contribution < -0.4 is 5.73 Å². The molecule has 5 nitrogen and oxygen atoms in total. The van der Waals surface area contributed by atoms with Gasteiger partial charge in [-0.2, -0.15) is 0 Å². The molecule has 2 fully saturated rings. The van der Waals surface area contributed by atoms with Gasteiger partial charge in [0.25, 0.3) is 0 Å². The summed E-state index contributed by atoms with van der Waals surface area (Å²) in [5.74, 6) is 0.658. The van der Waals surface area contributed by atoms with Gasteiger partial charge in [-0.25, -0.2) is 4.79 Å². The van der Waals surface area contributed by atoms with Crippen molar-refractivity contribution >= 4 is 6.03 Å². The van der Waals surface area contributed by atoms with Crippen molar-refractivity contribution in [1.82, 2.24) is 14.7 Å². The smallest absolute Gasteiger partial charge is 0.320 e. The van der Waals surface area contributed by atoms with Crippen LogP contribution in [0.2, 0.25) is 0 Å². The Labute approximate surface area is 123 Å². The minimum absolute atomic E-state index is 0.262. The average molecular weight is 282 g/mol. The van der Waals surface area contributed by atoms with Gasteiger partial charge in [0, 0.05) is 39.3 Å². The lowest BCUT2D eigenvalue weighted by Crippen LogP contribution is -2.54. The molecule has 0 radical (unpaired) electrons. The number of carbonyl (C=O) groups is 1. The summed E-state index contributed by atoms with van der Waals surface area (Å²) in [5, 5.41) is 0. The molecule has 2 rings (SSSR count). The molecule has 0 aromatic rings. The lowest BCUT2D eigenvalue weighted by atomic mass is 10.0. The second-order valence-corrected chi connectivity index (χ2v) is 6.30. The van der Waals surface area contributed by atoms with Gasteiger partial charge < -0.3 is 15.5 Å². The first-order valence-corrected chi connectivity index (χ1v) is 8.17. The minimum Gasteiger partial charge on any atom is -0.330 e. The van der Waals surface area contributed by atoms with Gasteiger partial charge in [-0.05, 0) is 44.7 Å². The number of piperidine rings is 1. The molecule has 5 heteroatoms. The third kappa shape index (κ3) is 4.35. The lowest BCUT2D eigenvalue weighted by Gasteiger charge is -2.39. The molecule has 2 aliphatic heterocycles. The van der Waals surface area contributed by atoms with E-state index >= 15 is 0 Å². The maximum absolute atomic E-state index is 12.5. The summed E-state index contributed by atoms with van der Waals surface area (Å²) >= 11 is 0. The van der Waals surface area contributed by atoms with Crippen molar-refractivity contribution in [3.8, 4) is 0 Å². The second-order valence-electron chi connectivity index (χ2n) is 6.30. The number of unbranched alkanes of at least 4 members (excludes halogenated alkanes) is 1. The standard InChI is InChI=1S/C15H30N4O/c1-14-5-4-8-19(13-14)15(20)18-11-9-17(10-12-18)7-3-2-6-16/h14H,2-13,16H2,1H3. The zero-order chi connectivity index (χ0) is 14.4. The molecule has 116 valence electrons. The number of amides is 2. The van der Waals surface area contributed by atoms with Crippen LogP contribution >= 0.6 is 0 Å². The number of carbonyl (C=O) groups excluding carboxylic acids is 1. The Morgan fingerprint density at radius 3 is 2.50 bits per heavy atom. The van der Waals surface area contributed by atoms with E-state index < -0.39 is 0 Å². The molecule has 1 atom stereocenters. The molecular weight excluding hydrogens is 252 g/mol. The van der Waals surface area contributed by atoms with E-state index in [2.05, 4.69) is 16.7 Å². The molecule has 2 N–H and O–H groups in total. The van der Waals surface area contributed by atoms with E-state index in [1.54, 1.807) is 0 Å². The summed E-state index contributed by atoms with van der Waals surface area (Å²) < 4.78 is 0. The van der Waals surface area contributed by atoms with Crippen LogP contribution in [0.15, 0.2) is 0 Å². The molecule has 0 saturated carbocycles. The molecule has 0 aromatic carbocycles. The normalized spacial score (nSPS) is 25.0. The first kappa shape index (κ1) is 15.6. The first-order valence-electron chi connectivity index (χ1n) is 8.17. The summed E-state index contributed by atoms with van der Waals surface area (Å²) in [6.07, 6.45) is 4.70. The van der Waals surface area contributed by atoms with Crippen LogP contribution in [0.4, 0.5) is 4.79 Å². The van der Waals surface area contributed by atoms with Crippen molar-refractivity contribution in [3.05, 3.63) is 0 Å². The highest BCUT2D eigenvalue weighted by Crippen LogP contribution is 2.17. The third-order valence-corrected chi connectivity index (χ3v) is 4.50. The van der Waals surface area contributed by atoms with Crippen molar-refractivity contribution in [3.63, 3.8) is 0 Å². The Balaban J connectivity index is 1.71. The van der Waals surface area contributed by atoms with E-state index in [0.717, 1.165) is 65.2 Å². The average Bonchev–Trinajstić information content (AvgIpc) is 2.47. The van der Waals surface area contributed by atoms with Crippen LogP contribution in [-0.2, 0) is 0 Å². The third-order valence-electron chi connectivity index (χ3n) is 4.50. The van der Waals surface area contributed by atoms with Gasteiger partial charge >= 0.3 is 6.03 Å².